The Bertz CT molecular complexity index is 595. The lowest BCUT2D eigenvalue weighted by atomic mass is 10.2. The summed E-state index contributed by atoms with van der Waals surface area (Å²) in [6, 6.07) is 3.48. The van der Waals surface area contributed by atoms with E-state index in [4.69, 9.17) is 4.74 Å². The Kier molecular flexibility index (Phi) is 5.37. The van der Waals surface area contributed by atoms with E-state index in [1.807, 2.05) is 13.0 Å². The maximum Gasteiger partial charge on any atom is 0.308 e. The molecule has 1 saturated heterocycles. The zero-order valence-electron chi connectivity index (χ0n) is 12.1. The Morgan fingerprint density at radius 1 is 1.52 bits per heavy atom. The molecule has 1 atom stereocenters. The predicted molar refractivity (Wildman–Crippen MR) is 78.8 cm³/mol. The summed E-state index contributed by atoms with van der Waals surface area (Å²) in [5.74, 6) is -0.399. The number of hydrogen-bond donors (Lipinski definition) is 0. The Morgan fingerprint density at radius 2 is 2.29 bits per heavy atom. The third-order valence-electron chi connectivity index (χ3n) is 3.30. The predicted octanol–water partition coefficient (Wildman–Crippen LogP) is 1.26. The van der Waals surface area contributed by atoms with Crippen LogP contribution in [-0.2, 0) is 30.7 Å². The SMILES string of the molecule is CCc1ccc(S(=O)(=O)N2CCOC(CC(=O)OC)C2)s1. The average molecular weight is 333 g/mol. The Labute approximate surface area is 128 Å². The van der Waals surface area contributed by atoms with Gasteiger partial charge in [-0.25, -0.2) is 8.42 Å². The summed E-state index contributed by atoms with van der Waals surface area (Å²) in [5, 5.41) is 0. The summed E-state index contributed by atoms with van der Waals surface area (Å²) in [4.78, 5) is 12.3. The number of hydrogen-bond acceptors (Lipinski definition) is 6. The van der Waals surface area contributed by atoms with Crippen LogP contribution in [0, 0.1) is 0 Å². The molecule has 21 heavy (non-hydrogen) atoms. The fraction of sp³-hybridized carbons (Fsp3) is 0.615. The van der Waals surface area contributed by atoms with Crippen LogP contribution >= 0.6 is 11.3 Å². The van der Waals surface area contributed by atoms with Gasteiger partial charge in [0.15, 0.2) is 0 Å². The Morgan fingerprint density at radius 3 is 2.90 bits per heavy atom. The molecule has 6 nitrogen and oxygen atoms in total. The van der Waals surface area contributed by atoms with Crippen LogP contribution in [0.25, 0.3) is 0 Å². The van der Waals surface area contributed by atoms with Crippen LogP contribution < -0.4 is 0 Å². The highest BCUT2D eigenvalue weighted by molar-refractivity contribution is 7.91. The van der Waals surface area contributed by atoms with Crippen LogP contribution in [0.4, 0.5) is 0 Å². The minimum absolute atomic E-state index is 0.0627. The zero-order chi connectivity index (χ0) is 15.5. The van der Waals surface area contributed by atoms with Gasteiger partial charge >= 0.3 is 5.97 Å². The van der Waals surface area contributed by atoms with E-state index in [0.717, 1.165) is 11.3 Å². The molecule has 0 amide bonds. The summed E-state index contributed by atoms with van der Waals surface area (Å²) in [5.41, 5.74) is 0. The van der Waals surface area contributed by atoms with Crippen molar-refractivity contribution in [1.29, 1.82) is 0 Å². The maximum atomic E-state index is 12.6. The minimum atomic E-state index is -3.51. The third-order valence-corrected chi connectivity index (χ3v) is 6.87. The van der Waals surface area contributed by atoms with Crippen molar-refractivity contribution in [3.05, 3.63) is 17.0 Å². The summed E-state index contributed by atoms with van der Waals surface area (Å²) < 4.78 is 36.9. The molecule has 2 heterocycles. The van der Waals surface area contributed by atoms with E-state index in [2.05, 4.69) is 4.74 Å². The molecule has 0 N–H and O–H groups in total. The van der Waals surface area contributed by atoms with E-state index in [1.165, 1.54) is 22.8 Å². The van der Waals surface area contributed by atoms with Crippen LogP contribution in [0.5, 0.6) is 0 Å². The molecule has 0 aliphatic carbocycles. The standard InChI is InChI=1S/C13H19NO5S2/c1-3-11-4-5-13(20-11)21(16,17)14-6-7-19-10(9-14)8-12(15)18-2/h4-5,10H,3,6-9H2,1-2H3. The van der Waals surface area contributed by atoms with Gasteiger partial charge in [-0.05, 0) is 18.6 Å². The number of ether oxygens (including phenoxy) is 2. The molecule has 1 aliphatic rings. The largest absolute Gasteiger partial charge is 0.469 e. The van der Waals surface area contributed by atoms with Crippen molar-refractivity contribution in [1.82, 2.24) is 4.31 Å². The highest BCUT2D eigenvalue weighted by Gasteiger charge is 2.32. The quantitative estimate of drug-likeness (QED) is 0.759. The molecular weight excluding hydrogens is 314 g/mol. The number of thiophene rings is 1. The zero-order valence-corrected chi connectivity index (χ0v) is 13.7. The lowest BCUT2D eigenvalue weighted by Gasteiger charge is -2.31. The summed E-state index contributed by atoms with van der Waals surface area (Å²) in [7, 11) is -2.20. The molecule has 0 aromatic carbocycles. The summed E-state index contributed by atoms with van der Waals surface area (Å²) >= 11 is 1.29. The van der Waals surface area contributed by atoms with Crippen molar-refractivity contribution in [3.63, 3.8) is 0 Å². The van der Waals surface area contributed by atoms with Crippen LogP contribution in [0.3, 0.4) is 0 Å². The number of nitrogens with zero attached hydrogens (tertiary/aromatic N) is 1. The molecule has 8 heteroatoms. The molecule has 2 rings (SSSR count). The lowest BCUT2D eigenvalue weighted by molar-refractivity contribution is -0.145. The van der Waals surface area contributed by atoms with E-state index < -0.39 is 22.1 Å². The van der Waals surface area contributed by atoms with Gasteiger partial charge in [0.1, 0.15) is 4.21 Å². The summed E-state index contributed by atoms with van der Waals surface area (Å²) in [6.07, 6.45) is 0.424. The molecule has 118 valence electrons. The van der Waals surface area contributed by atoms with Gasteiger partial charge in [0.05, 0.1) is 26.2 Å². The van der Waals surface area contributed by atoms with Crippen molar-refractivity contribution in [2.45, 2.75) is 30.1 Å². The number of rotatable bonds is 5. The first-order valence-corrected chi connectivity index (χ1v) is 9.00. The highest BCUT2D eigenvalue weighted by atomic mass is 32.2. The molecule has 1 fully saturated rings. The van der Waals surface area contributed by atoms with E-state index >= 15 is 0 Å². The molecule has 1 aromatic heterocycles. The van der Waals surface area contributed by atoms with E-state index in [0.29, 0.717) is 10.8 Å². The van der Waals surface area contributed by atoms with Gasteiger partial charge in [-0.1, -0.05) is 6.92 Å². The number of morpholine rings is 1. The van der Waals surface area contributed by atoms with Gasteiger partial charge in [0.2, 0.25) is 0 Å². The molecule has 1 aliphatic heterocycles. The van der Waals surface area contributed by atoms with Gasteiger partial charge in [0.25, 0.3) is 10.0 Å². The van der Waals surface area contributed by atoms with Crippen molar-refractivity contribution in [2.24, 2.45) is 0 Å². The minimum Gasteiger partial charge on any atom is -0.469 e. The maximum absolute atomic E-state index is 12.6. The monoisotopic (exact) mass is 333 g/mol. The van der Waals surface area contributed by atoms with Crippen molar-refractivity contribution < 1.29 is 22.7 Å². The van der Waals surface area contributed by atoms with E-state index in [-0.39, 0.29) is 19.6 Å². The fourth-order valence-electron chi connectivity index (χ4n) is 2.12. The van der Waals surface area contributed by atoms with Gasteiger partial charge in [-0.15, -0.1) is 11.3 Å². The smallest absolute Gasteiger partial charge is 0.308 e. The van der Waals surface area contributed by atoms with Crippen LogP contribution in [0.1, 0.15) is 18.2 Å². The number of carbonyl (C=O) groups is 1. The fourth-order valence-corrected chi connectivity index (χ4v) is 5.02. The van der Waals surface area contributed by atoms with Gasteiger partial charge in [-0.2, -0.15) is 4.31 Å². The van der Waals surface area contributed by atoms with Gasteiger partial charge in [0, 0.05) is 18.0 Å². The Balaban J connectivity index is 2.10. The molecular formula is C13H19NO5S2. The second-order valence-corrected chi connectivity index (χ2v) is 8.04. The molecule has 0 radical (unpaired) electrons. The molecule has 1 aromatic rings. The Hall–Kier alpha value is -0.960. The number of sulfonamides is 1. The third kappa shape index (κ3) is 3.82. The number of esters is 1. The number of aryl methyl sites for hydroxylation is 1. The van der Waals surface area contributed by atoms with Crippen LogP contribution in [0.2, 0.25) is 0 Å². The topological polar surface area (TPSA) is 72.9 Å². The van der Waals surface area contributed by atoms with Crippen LogP contribution in [-0.4, -0.2) is 51.6 Å². The molecule has 1 unspecified atom stereocenters. The second-order valence-electron chi connectivity index (χ2n) is 4.71. The van der Waals surface area contributed by atoms with Crippen LogP contribution in [0.15, 0.2) is 16.3 Å². The number of carbonyl (C=O) groups excluding carboxylic acids is 1. The van der Waals surface area contributed by atoms with Gasteiger partial charge < -0.3 is 9.47 Å². The van der Waals surface area contributed by atoms with E-state index in [9.17, 15) is 13.2 Å². The lowest BCUT2D eigenvalue weighted by Crippen LogP contribution is -2.46. The average Bonchev–Trinajstić information content (AvgIpc) is 2.97. The number of methoxy groups -OCH3 is 1. The van der Waals surface area contributed by atoms with Crippen molar-refractivity contribution >= 4 is 27.3 Å². The first-order chi connectivity index (χ1) is 9.97. The molecule has 0 bridgehead atoms. The normalized spacial score (nSPS) is 20.4. The first-order valence-electron chi connectivity index (χ1n) is 6.74. The first kappa shape index (κ1) is 16.4. The second kappa shape index (κ2) is 6.87. The van der Waals surface area contributed by atoms with E-state index in [1.54, 1.807) is 6.07 Å². The highest BCUT2D eigenvalue weighted by Crippen LogP contribution is 2.26. The summed E-state index contributed by atoms with van der Waals surface area (Å²) in [6.45, 7) is 2.76. The van der Waals surface area contributed by atoms with Crippen molar-refractivity contribution in [3.8, 4) is 0 Å². The molecule has 0 spiro atoms. The van der Waals surface area contributed by atoms with Crippen molar-refractivity contribution in [2.75, 3.05) is 26.8 Å². The van der Waals surface area contributed by atoms with Gasteiger partial charge in [-0.3, -0.25) is 4.79 Å². The molecule has 0 saturated carbocycles.